The Bertz CT molecular complexity index is 363. The van der Waals surface area contributed by atoms with E-state index in [9.17, 15) is 0 Å². The van der Waals surface area contributed by atoms with Crippen LogP contribution in [0, 0.1) is 5.92 Å². The lowest BCUT2D eigenvalue weighted by atomic mass is 10.1. The first-order valence-electron chi connectivity index (χ1n) is 5.93. The van der Waals surface area contributed by atoms with E-state index in [2.05, 4.69) is 28.8 Å². The minimum absolute atomic E-state index is 0.606. The number of anilines is 1. The molecule has 3 nitrogen and oxygen atoms in total. The van der Waals surface area contributed by atoms with Crippen LogP contribution in [0.15, 0.2) is 6.33 Å². The van der Waals surface area contributed by atoms with Crippen LogP contribution in [0.2, 0.25) is 5.15 Å². The summed E-state index contributed by atoms with van der Waals surface area (Å²) in [7, 11) is 2.09. The molecule has 0 aliphatic heterocycles. The van der Waals surface area contributed by atoms with E-state index in [0.29, 0.717) is 5.15 Å². The van der Waals surface area contributed by atoms with Crippen molar-refractivity contribution >= 4 is 17.4 Å². The summed E-state index contributed by atoms with van der Waals surface area (Å²) in [5.41, 5.74) is 1.09. The fourth-order valence-electron chi connectivity index (χ4n) is 1.95. The van der Waals surface area contributed by atoms with E-state index in [1.165, 1.54) is 12.8 Å². The zero-order valence-electron chi connectivity index (χ0n) is 9.91. The molecule has 4 heteroatoms. The van der Waals surface area contributed by atoms with Gasteiger partial charge in [0.15, 0.2) is 0 Å². The van der Waals surface area contributed by atoms with Gasteiger partial charge in [0, 0.05) is 19.2 Å². The molecule has 0 unspecified atom stereocenters. The van der Waals surface area contributed by atoms with Gasteiger partial charge >= 0.3 is 0 Å². The lowest BCUT2D eigenvalue weighted by Crippen LogP contribution is -2.23. The summed E-state index contributed by atoms with van der Waals surface area (Å²) in [4.78, 5) is 10.7. The molecule has 1 fully saturated rings. The van der Waals surface area contributed by atoms with E-state index in [4.69, 9.17) is 11.6 Å². The minimum atomic E-state index is 0.606. The molecule has 0 atom stereocenters. The highest BCUT2D eigenvalue weighted by Gasteiger charge is 2.24. The molecule has 2 rings (SSSR count). The predicted molar refractivity (Wildman–Crippen MR) is 67.0 cm³/mol. The Morgan fingerprint density at radius 3 is 2.81 bits per heavy atom. The van der Waals surface area contributed by atoms with Crippen LogP contribution in [0.1, 0.15) is 31.7 Å². The topological polar surface area (TPSA) is 29.0 Å². The van der Waals surface area contributed by atoms with Gasteiger partial charge in [0.2, 0.25) is 0 Å². The maximum atomic E-state index is 6.13. The minimum Gasteiger partial charge on any atom is -0.359 e. The number of rotatable bonds is 5. The number of nitrogens with zero attached hydrogens (tertiary/aromatic N) is 3. The highest BCUT2D eigenvalue weighted by atomic mass is 35.5. The summed E-state index contributed by atoms with van der Waals surface area (Å²) < 4.78 is 0. The number of aromatic nitrogens is 2. The molecule has 1 aliphatic carbocycles. The second-order valence-corrected chi connectivity index (χ2v) is 4.90. The molecule has 1 aromatic heterocycles. The van der Waals surface area contributed by atoms with Crippen molar-refractivity contribution in [3.63, 3.8) is 0 Å². The molecule has 0 radical (unpaired) electrons. The van der Waals surface area contributed by atoms with Crippen molar-refractivity contribution in [3.05, 3.63) is 17.0 Å². The predicted octanol–water partition coefficient (Wildman–Crippen LogP) is 2.93. The van der Waals surface area contributed by atoms with Gasteiger partial charge in [-0.15, -0.1) is 0 Å². The van der Waals surface area contributed by atoms with Crippen LogP contribution in [0.4, 0.5) is 5.82 Å². The highest BCUT2D eigenvalue weighted by Crippen LogP contribution is 2.32. The van der Waals surface area contributed by atoms with E-state index in [1.807, 2.05) is 0 Å². The van der Waals surface area contributed by atoms with Crippen molar-refractivity contribution < 1.29 is 0 Å². The molecule has 1 aromatic rings. The van der Waals surface area contributed by atoms with Crippen molar-refractivity contribution in [2.75, 3.05) is 18.5 Å². The Morgan fingerprint density at radius 1 is 1.44 bits per heavy atom. The van der Waals surface area contributed by atoms with Gasteiger partial charge in [0.05, 0.1) is 0 Å². The Hall–Kier alpha value is -0.830. The zero-order valence-corrected chi connectivity index (χ0v) is 10.7. The van der Waals surface area contributed by atoms with Gasteiger partial charge in [-0.05, 0) is 25.2 Å². The molecule has 0 aromatic carbocycles. The third-order valence-electron chi connectivity index (χ3n) is 2.96. The van der Waals surface area contributed by atoms with Crippen molar-refractivity contribution in [2.24, 2.45) is 5.92 Å². The van der Waals surface area contributed by atoms with Gasteiger partial charge in [-0.2, -0.15) is 0 Å². The number of hydrogen-bond acceptors (Lipinski definition) is 3. The lowest BCUT2D eigenvalue weighted by molar-refractivity contribution is 0.764. The Labute approximate surface area is 102 Å². The summed E-state index contributed by atoms with van der Waals surface area (Å²) in [6.45, 7) is 3.23. The highest BCUT2D eigenvalue weighted by molar-refractivity contribution is 6.30. The smallest absolute Gasteiger partial charge is 0.137 e. The van der Waals surface area contributed by atoms with Gasteiger partial charge in [-0.3, -0.25) is 0 Å². The summed E-state index contributed by atoms with van der Waals surface area (Å²) in [5.74, 6) is 1.86. The van der Waals surface area contributed by atoms with Crippen molar-refractivity contribution in [1.82, 2.24) is 9.97 Å². The molecule has 0 spiro atoms. The Morgan fingerprint density at radius 2 is 2.19 bits per heavy atom. The van der Waals surface area contributed by atoms with Crippen LogP contribution in [0.25, 0.3) is 0 Å². The average Bonchev–Trinajstić information content (AvgIpc) is 3.05. The SMILES string of the molecule is CCCc1c(Cl)ncnc1N(C)CC1CC1. The van der Waals surface area contributed by atoms with Gasteiger partial charge in [-0.25, -0.2) is 9.97 Å². The Balaban J connectivity index is 2.19. The van der Waals surface area contributed by atoms with Crippen LogP contribution in [-0.2, 0) is 6.42 Å². The van der Waals surface area contributed by atoms with Crippen molar-refractivity contribution in [2.45, 2.75) is 32.6 Å². The van der Waals surface area contributed by atoms with Gasteiger partial charge in [0.1, 0.15) is 17.3 Å². The maximum absolute atomic E-state index is 6.13. The molecule has 0 saturated heterocycles. The molecule has 16 heavy (non-hydrogen) atoms. The normalized spacial score (nSPS) is 15.2. The molecule has 0 amide bonds. The average molecular weight is 240 g/mol. The fourth-order valence-corrected chi connectivity index (χ4v) is 2.17. The molecular weight excluding hydrogens is 222 g/mol. The third-order valence-corrected chi connectivity index (χ3v) is 3.29. The molecular formula is C12H18ClN3. The van der Waals surface area contributed by atoms with E-state index in [0.717, 1.165) is 36.7 Å². The first-order valence-corrected chi connectivity index (χ1v) is 6.30. The first kappa shape index (κ1) is 11.6. The van der Waals surface area contributed by atoms with Gasteiger partial charge in [-0.1, -0.05) is 24.9 Å². The van der Waals surface area contributed by atoms with E-state index in [1.54, 1.807) is 6.33 Å². The maximum Gasteiger partial charge on any atom is 0.137 e. The van der Waals surface area contributed by atoms with Crippen LogP contribution >= 0.6 is 11.6 Å². The second-order valence-electron chi connectivity index (χ2n) is 4.54. The van der Waals surface area contributed by atoms with E-state index in [-0.39, 0.29) is 0 Å². The molecule has 1 aliphatic rings. The quantitative estimate of drug-likeness (QED) is 0.740. The van der Waals surface area contributed by atoms with Crippen LogP contribution in [0.5, 0.6) is 0 Å². The number of halogens is 1. The van der Waals surface area contributed by atoms with E-state index >= 15 is 0 Å². The summed E-state index contributed by atoms with van der Waals surface area (Å²) in [6.07, 6.45) is 6.28. The standard InChI is InChI=1S/C12H18ClN3/c1-3-4-10-11(13)14-8-15-12(10)16(2)7-9-5-6-9/h8-9H,3-7H2,1-2H3. The molecule has 1 heterocycles. The Kier molecular flexibility index (Phi) is 3.64. The van der Waals surface area contributed by atoms with Gasteiger partial charge in [0.25, 0.3) is 0 Å². The summed E-state index contributed by atoms with van der Waals surface area (Å²) in [6, 6.07) is 0. The van der Waals surface area contributed by atoms with Crippen molar-refractivity contribution in [1.29, 1.82) is 0 Å². The van der Waals surface area contributed by atoms with Crippen LogP contribution in [-0.4, -0.2) is 23.6 Å². The summed E-state index contributed by atoms with van der Waals surface area (Å²) >= 11 is 6.13. The second kappa shape index (κ2) is 5.00. The fraction of sp³-hybridized carbons (Fsp3) is 0.667. The summed E-state index contributed by atoms with van der Waals surface area (Å²) in [5, 5.41) is 0.606. The lowest BCUT2D eigenvalue weighted by Gasteiger charge is -2.21. The monoisotopic (exact) mass is 239 g/mol. The largest absolute Gasteiger partial charge is 0.359 e. The third kappa shape index (κ3) is 2.64. The van der Waals surface area contributed by atoms with E-state index < -0.39 is 0 Å². The first-order chi connectivity index (χ1) is 7.72. The number of hydrogen-bond donors (Lipinski definition) is 0. The van der Waals surface area contributed by atoms with Gasteiger partial charge < -0.3 is 4.90 Å². The molecule has 1 saturated carbocycles. The van der Waals surface area contributed by atoms with Crippen molar-refractivity contribution in [3.8, 4) is 0 Å². The molecule has 0 N–H and O–H groups in total. The molecule has 88 valence electrons. The zero-order chi connectivity index (χ0) is 11.5. The van der Waals surface area contributed by atoms with Crippen LogP contribution < -0.4 is 4.90 Å². The van der Waals surface area contributed by atoms with Crippen LogP contribution in [0.3, 0.4) is 0 Å². The molecule has 0 bridgehead atoms.